The second-order valence-corrected chi connectivity index (χ2v) is 1.85. The molecule has 0 saturated heterocycles. The van der Waals surface area contributed by atoms with E-state index in [-0.39, 0.29) is 14.1 Å². The Morgan fingerprint density at radius 1 is 0.800 bits per heavy atom. The quantitative estimate of drug-likeness (QED) is 0.568. The molecule has 0 atom stereocenters. The van der Waals surface area contributed by atoms with Crippen LogP contribution in [0.4, 0.5) is 14.1 Å². The van der Waals surface area contributed by atoms with Crippen molar-refractivity contribution >= 4 is 12.6 Å². The molecule has 1 rings (SSSR count). The Morgan fingerprint density at radius 3 is 1.40 bits per heavy atom. The van der Waals surface area contributed by atoms with Crippen molar-refractivity contribution < 1.29 is 14.1 Å². The summed E-state index contributed by atoms with van der Waals surface area (Å²) in [5, 5.41) is 0. The molecule has 0 aliphatic heterocycles. The van der Waals surface area contributed by atoms with E-state index in [1.165, 1.54) is 0 Å². The Labute approximate surface area is 62.8 Å². The standard InChI is InChI=1S/C6H6S.3FH/c7-6-4-2-1-3-5-6;;;/h1-5,7H;3*1H. The van der Waals surface area contributed by atoms with E-state index in [9.17, 15) is 0 Å². The van der Waals surface area contributed by atoms with E-state index < -0.39 is 0 Å². The van der Waals surface area contributed by atoms with Crippen LogP contribution in [0.5, 0.6) is 0 Å². The first-order valence-electron chi connectivity index (χ1n) is 2.13. The molecule has 60 valence electrons. The predicted octanol–water partition coefficient (Wildman–Crippen LogP) is 2.43. The average Bonchev–Trinajstić information content (AvgIpc) is 1.69. The zero-order valence-corrected chi connectivity index (χ0v) is 5.95. The zero-order valence-electron chi connectivity index (χ0n) is 5.06. The molecular weight excluding hydrogens is 161 g/mol. The van der Waals surface area contributed by atoms with Crippen molar-refractivity contribution in [1.29, 1.82) is 0 Å². The SMILES string of the molecule is F.F.F.Sc1ccccc1. The van der Waals surface area contributed by atoms with Crippen LogP contribution < -0.4 is 0 Å². The Bertz CT molecular complexity index is 143. The van der Waals surface area contributed by atoms with E-state index in [1.54, 1.807) is 0 Å². The van der Waals surface area contributed by atoms with Gasteiger partial charge in [0.25, 0.3) is 0 Å². The van der Waals surface area contributed by atoms with Crippen molar-refractivity contribution in [2.45, 2.75) is 4.90 Å². The number of thiol groups is 1. The Balaban J connectivity index is -0.000000163. The van der Waals surface area contributed by atoms with Gasteiger partial charge < -0.3 is 0 Å². The van der Waals surface area contributed by atoms with Crippen LogP contribution in [0.15, 0.2) is 35.2 Å². The molecule has 0 nitrogen and oxygen atoms in total. The van der Waals surface area contributed by atoms with Gasteiger partial charge in [0.1, 0.15) is 0 Å². The summed E-state index contributed by atoms with van der Waals surface area (Å²) in [5.41, 5.74) is 0. The highest BCUT2D eigenvalue weighted by molar-refractivity contribution is 7.80. The minimum atomic E-state index is 0. The van der Waals surface area contributed by atoms with Gasteiger partial charge in [0.05, 0.1) is 0 Å². The van der Waals surface area contributed by atoms with Gasteiger partial charge >= 0.3 is 0 Å². The Kier molecular flexibility index (Phi) is 13.5. The van der Waals surface area contributed by atoms with Crippen molar-refractivity contribution in [1.82, 2.24) is 0 Å². The number of halogens is 3. The molecule has 0 fully saturated rings. The number of hydrogen-bond donors (Lipinski definition) is 1. The number of benzene rings is 1. The fourth-order valence-corrected chi connectivity index (χ4v) is 0.600. The van der Waals surface area contributed by atoms with Crippen molar-refractivity contribution in [2.24, 2.45) is 0 Å². The van der Waals surface area contributed by atoms with Crippen molar-refractivity contribution in [3.8, 4) is 0 Å². The molecule has 0 bridgehead atoms. The lowest BCUT2D eigenvalue weighted by Gasteiger charge is -1.81. The summed E-state index contributed by atoms with van der Waals surface area (Å²) in [7, 11) is 0. The molecular formula is C6H9F3S. The molecule has 1 aromatic rings. The third-order valence-corrected chi connectivity index (χ3v) is 1.05. The Hall–Kier alpha value is -0.640. The highest BCUT2D eigenvalue weighted by Crippen LogP contribution is 2.00. The zero-order chi connectivity index (χ0) is 5.11. The maximum Gasteiger partial charge on any atom is 0.00399 e. The van der Waals surface area contributed by atoms with Gasteiger partial charge in [-0.05, 0) is 12.1 Å². The summed E-state index contributed by atoms with van der Waals surface area (Å²) >= 11 is 4.08. The van der Waals surface area contributed by atoms with E-state index in [0.717, 1.165) is 4.90 Å². The third kappa shape index (κ3) is 5.50. The van der Waals surface area contributed by atoms with Crippen LogP contribution in [0, 0.1) is 0 Å². The molecule has 0 saturated carbocycles. The lowest BCUT2D eigenvalue weighted by Crippen LogP contribution is -1.56. The minimum absolute atomic E-state index is 0. The predicted molar refractivity (Wildman–Crippen MR) is 41.2 cm³/mol. The van der Waals surface area contributed by atoms with E-state index >= 15 is 0 Å². The molecule has 0 aliphatic carbocycles. The van der Waals surface area contributed by atoms with Crippen molar-refractivity contribution in [3.63, 3.8) is 0 Å². The third-order valence-electron chi connectivity index (χ3n) is 0.756. The molecule has 0 N–H and O–H groups in total. The summed E-state index contributed by atoms with van der Waals surface area (Å²) in [4.78, 5) is 1.02. The van der Waals surface area contributed by atoms with Gasteiger partial charge in [-0.25, -0.2) is 0 Å². The number of hydrogen-bond acceptors (Lipinski definition) is 1. The summed E-state index contributed by atoms with van der Waals surface area (Å²) in [6.45, 7) is 0. The van der Waals surface area contributed by atoms with Crippen LogP contribution in [0.2, 0.25) is 0 Å². The summed E-state index contributed by atoms with van der Waals surface area (Å²) in [5.74, 6) is 0. The lowest BCUT2D eigenvalue weighted by molar-refractivity contribution is 1.11. The van der Waals surface area contributed by atoms with Crippen molar-refractivity contribution in [3.05, 3.63) is 30.3 Å². The number of rotatable bonds is 0. The van der Waals surface area contributed by atoms with Crippen LogP contribution in [-0.4, -0.2) is 0 Å². The van der Waals surface area contributed by atoms with Crippen LogP contribution in [0.1, 0.15) is 0 Å². The van der Waals surface area contributed by atoms with E-state index in [4.69, 9.17) is 0 Å². The van der Waals surface area contributed by atoms with Crippen LogP contribution in [-0.2, 0) is 0 Å². The summed E-state index contributed by atoms with van der Waals surface area (Å²) in [6.07, 6.45) is 0. The molecule has 0 amide bonds. The van der Waals surface area contributed by atoms with Gasteiger partial charge in [-0.3, -0.25) is 14.1 Å². The lowest BCUT2D eigenvalue weighted by atomic mass is 10.4. The Morgan fingerprint density at radius 2 is 1.20 bits per heavy atom. The topological polar surface area (TPSA) is 0 Å². The van der Waals surface area contributed by atoms with Gasteiger partial charge in [-0.1, -0.05) is 18.2 Å². The van der Waals surface area contributed by atoms with Gasteiger partial charge in [0.2, 0.25) is 0 Å². The summed E-state index contributed by atoms with van der Waals surface area (Å²) in [6, 6.07) is 9.79. The fourth-order valence-electron chi connectivity index (χ4n) is 0.428. The van der Waals surface area contributed by atoms with Crippen LogP contribution in [0.3, 0.4) is 0 Å². The minimum Gasteiger partial charge on any atom is -0.269 e. The second kappa shape index (κ2) is 8.36. The van der Waals surface area contributed by atoms with Crippen molar-refractivity contribution in [2.75, 3.05) is 0 Å². The maximum absolute atomic E-state index is 4.08. The fraction of sp³-hybridized carbons (Fsp3) is 0. The first-order valence-corrected chi connectivity index (χ1v) is 2.58. The molecule has 0 aromatic heterocycles. The normalized spacial score (nSPS) is 6.10. The molecule has 0 spiro atoms. The van der Waals surface area contributed by atoms with E-state index in [0.29, 0.717) is 0 Å². The van der Waals surface area contributed by atoms with Crippen LogP contribution >= 0.6 is 12.6 Å². The van der Waals surface area contributed by atoms with Crippen LogP contribution in [0.25, 0.3) is 0 Å². The van der Waals surface area contributed by atoms with Gasteiger partial charge in [0.15, 0.2) is 0 Å². The van der Waals surface area contributed by atoms with Gasteiger partial charge in [-0.2, -0.15) is 0 Å². The van der Waals surface area contributed by atoms with Gasteiger partial charge in [-0.15, -0.1) is 12.6 Å². The molecule has 0 radical (unpaired) electrons. The highest BCUT2D eigenvalue weighted by Gasteiger charge is 1.73. The molecule has 4 heteroatoms. The summed E-state index contributed by atoms with van der Waals surface area (Å²) < 4.78 is 0. The van der Waals surface area contributed by atoms with E-state index in [1.807, 2.05) is 30.3 Å². The average molecular weight is 170 g/mol. The maximum atomic E-state index is 4.08. The molecule has 0 aliphatic rings. The highest BCUT2D eigenvalue weighted by atomic mass is 32.1. The van der Waals surface area contributed by atoms with Gasteiger partial charge in [0, 0.05) is 4.90 Å². The molecule has 1 aromatic carbocycles. The largest absolute Gasteiger partial charge is 0.269 e. The first-order chi connectivity index (χ1) is 3.39. The molecule has 0 heterocycles. The molecule has 0 unspecified atom stereocenters. The smallest absolute Gasteiger partial charge is 0.00399 e. The first kappa shape index (κ1) is 16.2. The monoisotopic (exact) mass is 170 g/mol. The van der Waals surface area contributed by atoms with E-state index in [2.05, 4.69) is 12.6 Å². The second-order valence-electron chi connectivity index (χ2n) is 1.34. The molecule has 10 heavy (non-hydrogen) atoms.